The summed E-state index contributed by atoms with van der Waals surface area (Å²) in [4.78, 5) is 20.2. The number of benzene rings is 3. The van der Waals surface area contributed by atoms with Crippen molar-refractivity contribution in [3.05, 3.63) is 88.8 Å². The number of carbonyl (C=O) groups excluding carboxylic acids is 1. The molecular formula is C27H25N5O2. The lowest BCUT2D eigenvalue weighted by atomic mass is 9.93. The SMILES string of the molecule is Cc1ccc(C(N)=O)cc1-c1cc(-c2c(C)noc2C)cc2[nH]c(NCc3ccccc3)nc12. The lowest BCUT2D eigenvalue weighted by molar-refractivity contribution is 0.100. The first-order chi connectivity index (χ1) is 16.4. The van der Waals surface area contributed by atoms with Crippen molar-refractivity contribution in [1.82, 2.24) is 15.1 Å². The van der Waals surface area contributed by atoms with E-state index in [9.17, 15) is 4.79 Å². The van der Waals surface area contributed by atoms with Gasteiger partial charge in [-0.2, -0.15) is 0 Å². The highest BCUT2D eigenvalue weighted by molar-refractivity contribution is 6.00. The van der Waals surface area contributed by atoms with E-state index in [4.69, 9.17) is 15.2 Å². The van der Waals surface area contributed by atoms with E-state index in [1.54, 1.807) is 6.07 Å². The summed E-state index contributed by atoms with van der Waals surface area (Å²) in [6, 6.07) is 19.8. The average Bonchev–Trinajstić information content (AvgIpc) is 3.40. The van der Waals surface area contributed by atoms with Crippen LogP contribution in [0.25, 0.3) is 33.3 Å². The molecule has 0 saturated carbocycles. The Morgan fingerprint density at radius 1 is 1.03 bits per heavy atom. The van der Waals surface area contributed by atoms with Crippen LogP contribution in [0, 0.1) is 20.8 Å². The summed E-state index contributed by atoms with van der Waals surface area (Å²) in [5.74, 6) is 0.943. The molecule has 0 aliphatic rings. The van der Waals surface area contributed by atoms with Gasteiger partial charge in [-0.05, 0) is 67.3 Å². The molecule has 0 atom stereocenters. The molecule has 170 valence electrons. The molecule has 0 spiro atoms. The summed E-state index contributed by atoms with van der Waals surface area (Å²) >= 11 is 0. The van der Waals surface area contributed by atoms with Gasteiger partial charge in [0.05, 0.1) is 16.7 Å². The monoisotopic (exact) mass is 451 g/mol. The Bertz CT molecular complexity index is 1500. The zero-order chi connectivity index (χ0) is 23.8. The molecule has 4 N–H and O–H groups in total. The number of amides is 1. The predicted octanol–water partition coefficient (Wildman–Crippen LogP) is 5.52. The quantitative estimate of drug-likeness (QED) is 0.315. The number of imidazole rings is 1. The molecule has 0 bridgehead atoms. The van der Waals surface area contributed by atoms with Gasteiger partial charge in [-0.3, -0.25) is 4.79 Å². The fourth-order valence-electron chi connectivity index (χ4n) is 4.29. The van der Waals surface area contributed by atoms with E-state index < -0.39 is 5.91 Å². The fraction of sp³-hybridized carbons (Fsp3) is 0.148. The number of aryl methyl sites for hydroxylation is 3. The van der Waals surface area contributed by atoms with Crippen molar-refractivity contribution in [2.75, 3.05) is 5.32 Å². The first-order valence-electron chi connectivity index (χ1n) is 11.1. The summed E-state index contributed by atoms with van der Waals surface area (Å²) in [6.45, 7) is 6.48. The second kappa shape index (κ2) is 8.51. The normalized spacial score (nSPS) is 11.1. The van der Waals surface area contributed by atoms with Gasteiger partial charge < -0.3 is 20.6 Å². The summed E-state index contributed by atoms with van der Waals surface area (Å²) in [7, 11) is 0. The number of rotatable bonds is 6. The van der Waals surface area contributed by atoms with Crippen molar-refractivity contribution in [1.29, 1.82) is 0 Å². The lowest BCUT2D eigenvalue weighted by Crippen LogP contribution is -2.11. The second-order valence-electron chi connectivity index (χ2n) is 8.44. The van der Waals surface area contributed by atoms with Crippen LogP contribution in [0.1, 0.15) is 32.9 Å². The number of hydrogen-bond donors (Lipinski definition) is 3. The van der Waals surface area contributed by atoms with Crippen LogP contribution in [0.15, 0.2) is 65.2 Å². The molecule has 0 aliphatic heterocycles. The van der Waals surface area contributed by atoms with Crippen LogP contribution in [0.4, 0.5) is 5.95 Å². The number of primary amides is 1. The van der Waals surface area contributed by atoms with E-state index in [-0.39, 0.29) is 0 Å². The van der Waals surface area contributed by atoms with Crippen LogP contribution >= 0.6 is 0 Å². The Balaban J connectivity index is 1.68. The summed E-state index contributed by atoms with van der Waals surface area (Å²) in [5.41, 5.74) is 14.4. The van der Waals surface area contributed by atoms with E-state index in [0.717, 1.165) is 55.9 Å². The maximum Gasteiger partial charge on any atom is 0.248 e. The molecule has 0 radical (unpaired) electrons. The van der Waals surface area contributed by atoms with Gasteiger partial charge in [-0.1, -0.05) is 41.6 Å². The van der Waals surface area contributed by atoms with Gasteiger partial charge in [0.25, 0.3) is 0 Å². The Kier molecular flexibility index (Phi) is 5.37. The molecule has 2 aromatic heterocycles. The number of aromatic amines is 1. The number of fused-ring (bicyclic) bond motifs is 1. The molecule has 3 aromatic carbocycles. The predicted molar refractivity (Wildman–Crippen MR) is 134 cm³/mol. The van der Waals surface area contributed by atoms with E-state index in [2.05, 4.69) is 39.7 Å². The minimum atomic E-state index is -0.466. The molecule has 5 rings (SSSR count). The molecule has 34 heavy (non-hydrogen) atoms. The van der Waals surface area contributed by atoms with Gasteiger partial charge in [0, 0.05) is 23.2 Å². The lowest BCUT2D eigenvalue weighted by Gasteiger charge is -2.11. The number of aromatic nitrogens is 3. The topological polar surface area (TPSA) is 110 Å². The molecule has 1 amide bonds. The van der Waals surface area contributed by atoms with Crippen molar-refractivity contribution in [2.24, 2.45) is 5.73 Å². The number of nitrogens with two attached hydrogens (primary N) is 1. The second-order valence-corrected chi connectivity index (χ2v) is 8.44. The minimum absolute atomic E-state index is 0.453. The van der Waals surface area contributed by atoms with Crippen molar-refractivity contribution in [3.63, 3.8) is 0 Å². The van der Waals surface area contributed by atoms with Crippen molar-refractivity contribution >= 4 is 22.9 Å². The highest BCUT2D eigenvalue weighted by atomic mass is 16.5. The highest BCUT2D eigenvalue weighted by Gasteiger charge is 2.19. The van der Waals surface area contributed by atoms with Crippen LogP contribution in [0.5, 0.6) is 0 Å². The molecule has 5 aromatic rings. The number of anilines is 1. The fourth-order valence-corrected chi connectivity index (χ4v) is 4.29. The zero-order valence-corrected chi connectivity index (χ0v) is 19.3. The Morgan fingerprint density at radius 2 is 1.82 bits per heavy atom. The Morgan fingerprint density at radius 3 is 2.53 bits per heavy atom. The largest absolute Gasteiger partial charge is 0.366 e. The van der Waals surface area contributed by atoms with Gasteiger partial charge in [-0.15, -0.1) is 0 Å². The van der Waals surface area contributed by atoms with Crippen LogP contribution in [0.3, 0.4) is 0 Å². The third kappa shape index (κ3) is 3.92. The number of H-pyrrole nitrogens is 1. The minimum Gasteiger partial charge on any atom is -0.366 e. The Labute approximate surface area is 197 Å². The molecule has 2 heterocycles. The van der Waals surface area contributed by atoms with Gasteiger partial charge in [0.2, 0.25) is 11.9 Å². The molecule has 0 fully saturated rings. The van der Waals surface area contributed by atoms with E-state index in [0.29, 0.717) is 18.1 Å². The third-order valence-corrected chi connectivity index (χ3v) is 6.02. The highest BCUT2D eigenvalue weighted by Crippen LogP contribution is 2.37. The molecule has 0 unspecified atom stereocenters. The average molecular weight is 452 g/mol. The van der Waals surface area contributed by atoms with Gasteiger partial charge in [0.1, 0.15) is 5.76 Å². The summed E-state index contributed by atoms with van der Waals surface area (Å²) < 4.78 is 5.43. The van der Waals surface area contributed by atoms with Crippen LogP contribution in [-0.4, -0.2) is 21.0 Å². The maximum absolute atomic E-state index is 11.9. The molecule has 7 nitrogen and oxygen atoms in total. The van der Waals surface area contributed by atoms with Crippen molar-refractivity contribution < 1.29 is 9.32 Å². The smallest absolute Gasteiger partial charge is 0.248 e. The van der Waals surface area contributed by atoms with Gasteiger partial charge in [0.15, 0.2) is 0 Å². The van der Waals surface area contributed by atoms with E-state index >= 15 is 0 Å². The first kappa shape index (κ1) is 21.5. The van der Waals surface area contributed by atoms with Crippen LogP contribution in [-0.2, 0) is 6.54 Å². The number of hydrogen-bond acceptors (Lipinski definition) is 5. The molecular weight excluding hydrogens is 426 g/mol. The number of nitrogens with one attached hydrogen (secondary N) is 2. The van der Waals surface area contributed by atoms with E-state index in [1.807, 2.05) is 51.1 Å². The standard InChI is InChI=1S/C27H25N5O2/c1-15-9-10-19(26(28)33)11-21(15)22-12-20(24-16(2)32-34-17(24)3)13-23-25(22)31-27(30-23)29-14-18-7-5-4-6-8-18/h4-13H,14H2,1-3H3,(H2,28,33)(H2,29,30,31). The van der Waals surface area contributed by atoms with E-state index in [1.165, 1.54) is 0 Å². The number of carbonyl (C=O) groups is 1. The maximum atomic E-state index is 11.9. The van der Waals surface area contributed by atoms with Gasteiger partial charge >= 0.3 is 0 Å². The molecule has 0 saturated heterocycles. The third-order valence-electron chi connectivity index (χ3n) is 6.02. The summed E-state index contributed by atoms with van der Waals surface area (Å²) in [5, 5.41) is 7.50. The number of nitrogens with zero attached hydrogens (tertiary/aromatic N) is 2. The zero-order valence-electron chi connectivity index (χ0n) is 19.3. The van der Waals surface area contributed by atoms with Gasteiger partial charge in [-0.25, -0.2) is 4.98 Å². The molecule has 7 heteroatoms. The first-order valence-corrected chi connectivity index (χ1v) is 11.1. The van der Waals surface area contributed by atoms with Crippen LogP contribution < -0.4 is 11.1 Å². The van der Waals surface area contributed by atoms with Crippen molar-refractivity contribution in [3.8, 4) is 22.3 Å². The van der Waals surface area contributed by atoms with Crippen molar-refractivity contribution in [2.45, 2.75) is 27.3 Å². The Hall–Kier alpha value is -4.39. The van der Waals surface area contributed by atoms with Crippen LogP contribution in [0.2, 0.25) is 0 Å². The molecule has 0 aliphatic carbocycles. The summed E-state index contributed by atoms with van der Waals surface area (Å²) in [6.07, 6.45) is 0.